The van der Waals surface area contributed by atoms with Crippen LogP contribution in [0.25, 0.3) is 6.08 Å². The van der Waals surface area contributed by atoms with Crippen LogP contribution < -0.4 is 9.91 Å². The van der Waals surface area contributed by atoms with Crippen LogP contribution in [-0.4, -0.2) is 37.9 Å². The molecule has 0 unspecified atom stereocenters. The van der Waals surface area contributed by atoms with E-state index in [9.17, 15) is 4.79 Å². The fourth-order valence-electron chi connectivity index (χ4n) is 2.98. The van der Waals surface area contributed by atoms with Crippen molar-refractivity contribution in [2.75, 3.05) is 36.2 Å². The monoisotopic (exact) mass is 371 g/mol. The summed E-state index contributed by atoms with van der Waals surface area (Å²) in [5, 5.41) is 6.28. The molecule has 134 valence electrons. The van der Waals surface area contributed by atoms with E-state index in [4.69, 9.17) is 20.8 Å². The van der Waals surface area contributed by atoms with Crippen molar-refractivity contribution in [3.8, 4) is 0 Å². The van der Waals surface area contributed by atoms with Crippen LogP contribution in [0.1, 0.15) is 12.7 Å². The van der Waals surface area contributed by atoms with E-state index in [0.717, 1.165) is 19.0 Å². The van der Waals surface area contributed by atoms with Gasteiger partial charge in [-0.2, -0.15) is 10.1 Å². The third kappa shape index (κ3) is 3.25. The van der Waals surface area contributed by atoms with Crippen LogP contribution in [0.4, 0.5) is 11.6 Å². The molecule has 0 N–H and O–H groups in total. The number of anilines is 2. The number of hydrogen-bond acceptors (Lipinski definition) is 5. The smallest absolute Gasteiger partial charge is 0.280 e. The summed E-state index contributed by atoms with van der Waals surface area (Å²) >= 11 is 6.02. The first-order chi connectivity index (χ1) is 12.6. The Morgan fingerprint density at radius 1 is 1.19 bits per heavy atom. The molecule has 7 heteroatoms. The summed E-state index contributed by atoms with van der Waals surface area (Å²) in [4.78, 5) is 14.9. The first-order valence-corrected chi connectivity index (χ1v) is 8.79. The Morgan fingerprint density at radius 2 is 2.00 bits per heavy atom. The minimum Gasteiger partial charge on any atom is -0.441 e. The molecule has 1 aromatic carbocycles. The third-order valence-corrected chi connectivity index (χ3v) is 4.57. The number of furan rings is 1. The molecule has 0 aliphatic carbocycles. The van der Waals surface area contributed by atoms with Gasteiger partial charge in [0, 0.05) is 24.2 Å². The fraction of sp³-hybridized carbons (Fsp3) is 0.263. The van der Waals surface area contributed by atoms with Gasteiger partial charge in [0.05, 0.1) is 30.2 Å². The molecule has 1 saturated heterocycles. The van der Waals surface area contributed by atoms with Crippen molar-refractivity contribution in [2.24, 2.45) is 5.10 Å². The van der Waals surface area contributed by atoms with Crippen LogP contribution >= 0.6 is 11.6 Å². The average molecular weight is 372 g/mol. The summed E-state index contributed by atoms with van der Waals surface area (Å²) in [7, 11) is 0. The van der Waals surface area contributed by atoms with E-state index in [2.05, 4.69) is 10.0 Å². The maximum absolute atomic E-state index is 12.8. The highest BCUT2D eigenvalue weighted by Crippen LogP contribution is 2.28. The average Bonchev–Trinajstić information content (AvgIpc) is 3.23. The SMILES string of the molecule is CC1=NN(c2cccc(Cl)c2)C(=O)C1=Cc1ccc(N2CCOCC2)o1. The van der Waals surface area contributed by atoms with Crippen molar-refractivity contribution < 1.29 is 13.9 Å². The van der Waals surface area contributed by atoms with Crippen molar-refractivity contribution in [1.82, 2.24) is 0 Å². The van der Waals surface area contributed by atoms with E-state index in [1.54, 1.807) is 37.3 Å². The van der Waals surface area contributed by atoms with E-state index in [1.165, 1.54) is 5.01 Å². The molecule has 26 heavy (non-hydrogen) atoms. The number of amides is 1. The number of rotatable bonds is 3. The number of benzene rings is 1. The number of halogens is 1. The molecule has 2 aromatic rings. The van der Waals surface area contributed by atoms with Crippen LogP contribution in [0.2, 0.25) is 5.02 Å². The largest absolute Gasteiger partial charge is 0.441 e. The van der Waals surface area contributed by atoms with Gasteiger partial charge in [-0.3, -0.25) is 4.79 Å². The van der Waals surface area contributed by atoms with Gasteiger partial charge in [-0.15, -0.1) is 0 Å². The third-order valence-electron chi connectivity index (χ3n) is 4.34. The van der Waals surface area contributed by atoms with Gasteiger partial charge in [-0.05, 0) is 37.3 Å². The lowest BCUT2D eigenvalue weighted by molar-refractivity contribution is -0.114. The van der Waals surface area contributed by atoms with Gasteiger partial charge in [0.2, 0.25) is 0 Å². The summed E-state index contributed by atoms with van der Waals surface area (Å²) in [6.45, 7) is 4.78. The molecule has 1 fully saturated rings. The zero-order chi connectivity index (χ0) is 18.1. The second kappa shape index (κ2) is 6.97. The predicted molar refractivity (Wildman–Crippen MR) is 102 cm³/mol. The zero-order valence-electron chi connectivity index (χ0n) is 14.3. The van der Waals surface area contributed by atoms with Gasteiger partial charge in [-0.1, -0.05) is 17.7 Å². The summed E-state index contributed by atoms with van der Waals surface area (Å²) < 4.78 is 11.2. The highest BCUT2D eigenvalue weighted by molar-refractivity contribution is 6.33. The molecular weight excluding hydrogens is 354 g/mol. The Kier molecular flexibility index (Phi) is 4.53. The molecule has 3 heterocycles. The van der Waals surface area contributed by atoms with Crippen LogP contribution in [0.3, 0.4) is 0 Å². The number of nitrogens with zero attached hydrogens (tertiary/aromatic N) is 3. The second-order valence-electron chi connectivity index (χ2n) is 6.12. The van der Waals surface area contributed by atoms with Gasteiger partial charge in [0.15, 0.2) is 5.88 Å². The van der Waals surface area contributed by atoms with Crippen LogP contribution in [0, 0.1) is 0 Å². The van der Waals surface area contributed by atoms with Gasteiger partial charge >= 0.3 is 0 Å². The van der Waals surface area contributed by atoms with E-state index in [-0.39, 0.29) is 5.91 Å². The van der Waals surface area contributed by atoms with E-state index in [0.29, 0.717) is 41.0 Å². The number of morpholine rings is 1. The van der Waals surface area contributed by atoms with Crippen molar-refractivity contribution in [3.63, 3.8) is 0 Å². The van der Waals surface area contributed by atoms with Crippen molar-refractivity contribution in [3.05, 3.63) is 52.8 Å². The molecule has 1 amide bonds. The number of hydrogen-bond donors (Lipinski definition) is 0. The molecule has 4 rings (SSSR count). The van der Waals surface area contributed by atoms with Crippen LogP contribution in [-0.2, 0) is 9.53 Å². The number of hydrazone groups is 1. The summed E-state index contributed by atoms with van der Waals surface area (Å²) in [6, 6.07) is 10.8. The summed E-state index contributed by atoms with van der Waals surface area (Å²) in [5.41, 5.74) is 1.78. The Morgan fingerprint density at radius 3 is 2.77 bits per heavy atom. The van der Waals surface area contributed by atoms with Gasteiger partial charge in [0.25, 0.3) is 5.91 Å². The van der Waals surface area contributed by atoms with E-state index in [1.807, 2.05) is 12.1 Å². The lowest BCUT2D eigenvalue weighted by Crippen LogP contribution is -2.35. The topological polar surface area (TPSA) is 58.3 Å². The first-order valence-electron chi connectivity index (χ1n) is 8.41. The summed E-state index contributed by atoms with van der Waals surface area (Å²) in [5.74, 6) is 1.21. The first kappa shape index (κ1) is 16.9. The van der Waals surface area contributed by atoms with E-state index < -0.39 is 0 Å². The Balaban J connectivity index is 1.57. The zero-order valence-corrected chi connectivity index (χ0v) is 15.1. The number of ether oxygens (including phenoxy) is 1. The van der Waals surface area contributed by atoms with Gasteiger partial charge < -0.3 is 14.1 Å². The van der Waals surface area contributed by atoms with Gasteiger partial charge in [0.1, 0.15) is 5.76 Å². The van der Waals surface area contributed by atoms with Crippen LogP contribution in [0.5, 0.6) is 0 Å². The Hall–Kier alpha value is -2.57. The standard InChI is InChI=1S/C19H18ClN3O3/c1-13-17(19(24)23(21-13)15-4-2-3-14(20)11-15)12-16-5-6-18(26-16)22-7-9-25-10-8-22/h2-6,11-12H,7-10H2,1H3. The Labute approximate surface area is 156 Å². The van der Waals surface area contributed by atoms with Crippen molar-refractivity contribution >= 4 is 40.9 Å². The fourth-order valence-corrected chi connectivity index (χ4v) is 3.17. The lowest BCUT2D eigenvalue weighted by Gasteiger charge is -2.26. The van der Waals surface area contributed by atoms with Crippen molar-refractivity contribution in [2.45, 2.75) is 6.92 Å². The predicted octanol–water partition coefficient (Wildman–Crippen LogP) is 3.58. The molecule has 0 bridgehead atoms. The second-order valence-corrected chi connectivity index (χ2v) is 6.55. The summed E-state index contributed by atoms with van der Waals surface area (Å²) in [6.07, 6.45) is 1.73. The number of carbonyl (C=O) groups is 1. The lowest BCUT2D eigenvalue weighted by atomic mass is 10.1. The molecule has 0 spiro atoms. The minimum absolute atomic E-state index is 0.200. The number of carbonyl (C=O) groups excluding carboxylic acids is 1. The van der Waals surface area contributed by atoms with E-state index >= 15 is 0 Å². The molecule has 0 atom stereocenters. The van der Waals surface area contributed by atoms with Gasteiger partial charge in [-0.25, -0.2) is 0 Å². The molecular formula is C19H18ClN3O3. The van der Waals surface area contributed by atoms with Crippen molar-refractivity contribution in [1.29, 1.82) is 0 Å². The quantitative estimate of drug-likeness (QED) is 0.774. The highest BCUT2D eigenvalue weighted by atomic mass is 35.5. The minimum atomic E-state index is -0.200. The molecule has 2 aliphatic heterocycles. The molecule has 2 aliphatic rings. The molecule has 0 saturated carbocycles. The maximum atomic E-state index is 12.8. The molecule has 6 nitrogen and oxygen atoms in total. The maximum Gasteiger partial charge on any atom is 0.280 e. The Bertz CT molecular complexity index is 897. The molecule has 1 aromatic heterocycles. The molecule has 0 radical (unpaired) electrons. The van der Waals surface area contributed by atoms with Crippen LogP contribution in [0.15, 0.2) is 51.5 Å². The highest BCUT2D eigenvalue weighted by Gasteiger charge is 2.29. The normalized spacial score (nSPS) is 19.4.